The van der Waals surface area contributed by atoms with Crippen LogP contribution in [-0.4, -0.2) is 34.4 Å². The Morgan fingerprint density at radius 1 is 1.56 bits per heavy atom. The van der Waals surface area contributed by atoms with Crippen LogP contribution in [0.15, 0.2) is 6.20 Å². The fraction of sp³-hybridized carbons (Fsp3) is 0.750. The van der Waals surface area contributed by atoms with Crippen molar-refractivity contribution >= 4 is 15.9 Å². The van der Waals surface area contributed by atoms with Crippen molar-refractivity contribution in [2.24, 2.45) is 0 Å². The van der Waals surface area contributed by atoms with Crippen molar-refractivity contribution in [3.63, 3.8) is 0 Å². The number of alkyl halides is 4. The molecule has 1 aromatic heterocycles. The summed E-state index contributed by atoms with van der Waals surface area (Å²) in [6.07, 6.45) is -2.62. The van der Waals surface area contributed by atoms with Crippen LogP contribution in [0.5, 0.6) is 0 Å². The number of rotatable bonds is 5. The fourth-order valence-electron chi connectivity index (χ4n) is 0.951. The van der Waals surface area contributed by atoms with Gasteiger partial charge in [-0.05, 0) is 6.92 Å². The monoisotopic (exact) mass is 301 g/mol. The molecule has 0 saturated carbocycles. The first kappa shape index (κ1) is 13.4. The zero-order valence-electron chi connectivity index (χ0n) is 8.54. The summed E-state index contributed by atoms with van der Waals surface area (Å²) >= 11 is 3.31. The van der Waals surface area contributed by atoms with Crippen molar-refractivity contribution in [3.05, 3.63) is 11.9 Å². The first-order chi connectivity index (χ1) is 7.38. The molecule has 0 fully saturated rings. The van der Waals surface area contributed by atoms with E-state index in [0.29, 0.717) is 0 Å². The molecule has 1 unspecified atom stereocenters. The summed E-state index contributed by atoms with van der Waals surface area (Å²) in [6.45, 7) is 0.861. The van der Waals surface area contributed by atoms with Gasteiger partial charge in [-0.3, -0.25) is 0 Å². The number of hydrogen-bond donors (Lipinski definition) is 0. The van der Waals surface area contributed by atoms with Gasteiger partial charge in [0.1, 0.15) is 6.61 Å². The predicted octanol–water partition coefficient (Wildman–Crippen LogP) is 2.31. The summed E-state index contributed by atoms with van der Waals surface area (Å²) in [7, 11) is 0. The van der Waals surface area contributed by atoms with E-state index < -0.39 is 12.8 Å². The highest BCUT2D eigenvalue weighted by Gasteiger charge is 2.27. The number of hydrogen-bond acceptors (Lipinski definition) is 3. The molecule has 8 heteroatoms. The van der Waals surface area contributed by atoms with Crippen molar-refractivity contribution in [2.75, 3.05) is 13.2 Å². The van der Waals surface area contributed by atoms with Gasteiger partial charge in [0.2, 0.25) is 0 Å². The third-order valence-corrected chi connectivity index (χ3v) is 2.16. The molecule has 0 spiro atoms. The van der Waals surface area contributed by atoms with Crippen LogP contribution >= 0.6 is 15.9 Å². The van der Waals surface area contributed by atoms with Crippen molar-refractivity contribution in [3.8, 4) is 0 Å². The summed E-state index contributed by atoms with van der Waals surface area (Å²) in [5, 5.41) is 7.58. The molecular weight excluding hydrogens is 291 g/mol. The van der Waals surface area contributed by atoms with Crippen molar-refractivity contribution in [2.45, 2.75) is 24.5 Å². The summed E-state index contributed by atoms with van der Waals surface area (Å²) in [5.41, 5.74) is 0.732. The van der Waals surface area contributed by atoms with E-state index in [0.717, 1.165) is 5.69 Å². The Balaban J connectivity index is 2.27. The molecule has 0 N–H and O–H groups in total. The normalized spacial score (nSPS) is 14.1. The first-order valence-electron chi connectivity index (χ1n) is 4.57. The number of ether oxygens (including phenoxy) is 1. The highest BCUT2D eigenvalue weighted by atomic mass is 79.9. The van der Waals surface area contributed by atoms with Crippen LogP contribution in [0.25, 0.3) is 0 Å². The smallest absolute Gasteiger partial charge is 0.370 e. The molecule has 92 valence electrons. The van der Waals surface area contributed by atoms with E-state index in [1.807, 2.05) is 6.92 Å². The molecule has 1 heterocycles. The van der Waals surface area contributed by atoms with Gasteiger partial charge in [-0.25, -0.2) is 4.68 Å². The van der Waals surface area contributed by atoms with Gasteiger partial charge in [-0.1, -0.05) is 21.1 Å². The second-order valence-electron chi connectivity index (χ2n) is 3.19. The van der Waals surface area contributed by atoms with Gasteiger partial charge in [-0.15, -0.1) is 5.10 Å². The predicted molar refractivity (Wildman–Crippen MR) is 54.2 cm³/mol. The largest absolute Gasteiger partial charge is 0.411 e. The van der Waals surface area contributed by atoms with E-state index in [9.17, 15) is 13.2 Å². The van der Waals surface area contributed by atoms with Gasteiger partial charge in [-0.2, -0.15) is 13.2 Å². The molecule has 16 heavy (non-hydrogen) atoms. The summed E-state index contributed by atoms with van der Waals surface area (Å²) in [4.78, 5) is 0.0670. The highest BCUT2D eigenvalue weighted by molar-refractivity contribution is 9.09. The van der Waals surface area contributed by atoms with Crippen LogP contribution in [-0.2, 0) is 11.3 Å². The topological polar surface area (TPSA) is 39.9 Å². The highest BCUT2D eigenvalue weighted by Crippen LogP contribution is 2.18. The third-order valence-electron chi connectivity index (χ3n) is 1.69. The van der Waals surface area contributed by atoms with Gasteiger partial charge in [0.25, 0.3) is 0 Å². The Morgan fingerprint density at radius 3 is 2.75 bits per heavy atom. The molecule has 0 saturated heterocycles. The Kier molecular flexibility index (Phi) is 4.72. The van der Waals surface area contributed by atoms with E-state index >= 15 is 0 Å². The Morgan fingerprint density at radius 2 is 2.25 bits per heavy atom. The van der Waals surface area contributed by atoms with Gasteiger partial charge >= 0.3 is 6.18 Å². The van der Waals surface area contributed by atoms with E-state index in [-0.39, 0.29) is 18.0 Å². The van der Waals surface area contributed by atoms with E-state index in [4.69, 9.17) is 0 Å². The lowest BCUT2D eigenvalue weighted by Gasteiger charge is -2.06. The molecular formula is C8H11BrF3N3O. The van der Waals surface area contributed by atoms with Gasteiger partial charge in [0.15, 0.2) is 0 Å². The SMILES string of the molecule is CC(Br)c1cn(CCOCC(F)(F)F)nn1. The number of halogens is 4. The minimum Gasteiger partial charge on any atom is -0.370 e. The minimum absolute atomic E-state index is 0.0427. The molecule has 0 bridgehead atoms. The molecule has 0 radical (unpaired) electrons. The summed E-state index contributed by atoms with van der Waals surface area (Å²) in [6, 6.07) is 0. The molecule has 0 aliphatic heterocycles. The van der Waals surface area contributed by atoms with E-state index in [1.54, 1.807) is 6.20 Å². The van der Waals surface area contributed by atoms with Crippen molar-refractivity contribution in [1.29, 1.82) is 0 Å². The van der Waals surface area contributed by atoms with Gasteiger partial charge in [0, 0.05) is 6.20 Å². The third kappa shape index (κ3) is 4.93. The fourth-order valence-corrected chi connectivity index (χ4v) is 1.16. The van der Waals surface area contributed by atoms with E-state index in [1.165, 1.54) is 4.68 Å². The summed E-state index contributed by atoms with van der Waals surface area (Å²) < 4.78 is 41.1. The first-order valence-corrected chi connectivity index (χ1v) is 5.48. The summed E-state index contributed by atoms with van der Waals surface area (Å²) in [5.74, 6) is 0. The minimum atomic E-state index is -4.28. The lowest BCUT2D eigenvalue weighted by atomic mass is 10.4. The maximum absolute atomic E-state index is 11.7. The van der Waals surface area contributed by atoms with Crippen LogP contribution in [0.4, 0.5) is 13.2 Å². The lowest BCUT2D eigenvalue weighted by Crippen LogP contribution is -2.19. The van der Waals surface area contributed by atoms with Gasteiger partial charge < -0.3 is 4.74 Å². The second-order valence-corrected chi connectivity index (χ2v) is 4.56. The molecule has 0 amide bonds. The molecule has 0 aromatic carbocycles. The maximum atomic E-state index is 11.7. The van der Waals surface area contributed by atoms with Crippen molar-refractivity contribution < 1.29 is 17.9 Å². The molecule has 4 nitrogen and oxygen atoms in total. The average molecular weight is 302 g/mol. The average Bonchev–Trinajstić information content (AvgIpc) is 2.59. The second kappa shape index (κ2) is 5.62. The molecule has 1 atom stereocenters. The number of aromatic nitrogens is 3. The quantitative estimate of drug-likeness (QED) is 0.619. The standard InChI is InChI=1S/C8H11BrF3N3O/c1-6(9)7-4-15(14-13-7)2-3-16-5-8(10,11)12/h4,6H,2-3,5H2,1H3. The maximum Gasteiger partial charge on any atom is 0.411 e. The van der Waals surface area contributed by atoms with E-state index in [2.05, 4.69) is 31.0 Å². The Labute approximate surface area is 98.9 Å². The molecule has 1 rings (SSSR count). The zero-order chi connectivity index (χ0) is 12.2. The van der Waals surface area contributed by atoms with Crippen molar-refractivity contribution in [1.82, 2.24) is 15.0 Å². The number of nitrogens with zero attached hydrogens (tertiary/aromatic N) is 3. The van der Waals surface area contributed by atoms with Crippen LogP contribution in [0.1, 0.15) is 17.4 Å². The van der Waals surface area contributed by atoms with Crippen LogP contribution in [0.2, 0.25) is 0 Å². The Bertz CT molecular complexity index is 327. The zero-order valence-corrected chi connectivity index (χ0v) is 10.1. The van der Waals surface area contributed by atoms with Crippen LogP contribution < -0.4 is 0 Å². The Hall–Kier alpha value is -0.630. The molecule has 0 aliphatic rings. The van der Waals surface area contributed by atoms with Crippen LogP contribution in [0.3, 0.4) is 0 Å². The van der Waals surface area contributed by atoms with Gasteiger partial charge in [0.05, 0.1) is 23.7 Å². The molecule has 1 aromatic rings. The lowest BCUT2D eigenvalue weighted by molar-refractivity contribution is -0.174. The van der Waals surface area contributed by atoms with Crippen LogP contribution in [0, 0.1) is 0 Å². The molecule has 0 aliphatic carbocycles.